The Bertz CT molecular complexity index is 849. The first kappa shape index (κ1) is 19.4. The zero-order valence-electron chi connectivity index (χ0n) is 16.5. The molecule has 7 heteroatoms. The van der Waals surface area contributed by atoms with E-state index >= 15 is 0 Å². The van der Waals surface area contributed by atoms with Gasteiger partial charge in [0, 0.05) is 45.7 Å². The summed E-state index contributed by atoms with van der Waals surface area (Å²) in [6, 6.07) is 0.970. The molecule has 0 aliphatic rings. The fraction of sp³-hybridized carbons (Fsp3) is 0.722. The summed E-state index contributed by atoms with van der Waals surface area (Å²) in [5, 5.41) is 0. The predicted molar refractivity (Wildman–Crippen MR) is 101 cm³/mol. The Balaban J connectivity index is 2.41. The van der Waals surface area contributed by atoms with E-state index in [2.05, 4.69) is 37.6 Å². The van der Waals surface area contributed by atoms with E-state index in [1.54, 1.807) is 7.05 Å². The first-order valence-electron chi connectivity index (χ1n) is 9.11. The van der Waals surface area contributed by atoms with Gasteiger partial charge in [0.1, 0.15) is 5.82 Å². The smallest absolute Gasteiger partial charge is 0.322 e. The zero-order valence-corrected chi connectivity index (χ0v) is 16.5. The van der Waals surface area contributed by atoms with Crippen molar-refractivity contribution in [3.05, 3.63) is 26.7 Å². The third-order valence-electron chi connectivity index (χ3n) is 4.87. The van der Waals surface area contributed by atoms with Gasteiger partial charge in [0.2, 0.25) is 0 Å². The lowest BCUT2D eigenvalue weighted by Crippen LogP contribution is -2.38. The molecule has 2 aromatic heterocycles. The molecule has 0 atom stereocenters. The highest BCUT2D eigenvalue weighted by molar-refractivity contribution is 5.71. The van der Waals surface area contributed by atoms with Gasteiger partial charge in [0.25, 0.3) is 5.56 Å². The first-order chi connectivity index (χ1) is 11.7. The van der Waals surface area contributed by atoms with Crippen LogP contribution in [0.15, 0.2) is 9.59 Å². The molecule has 0 aromatic carbocycles. The lowest BCUT2D eigenvalue weighted by atomic mass is 10.2. The normalized spacial score (nSPS) is 12.2. The third kappa shape index (κ3) is 3.56. The SMILES string of the molecule is CCc1nc2c(c(=O)n(C)c(=O)n2C)n1CCCN(C(C)C)C(C)C. The molecule has 0 unspecified atom stereocenters. The Hall–Kier alpha value is -1.89. The van der Waals surface area contributed by atoms with Crippen LogP contribution in [0.1, 0.15) is 46.9 Å². The Kier molecular flexibility index (Phi) is 5.87. The van der Waals surface area contributed by atoms with E-state index in [4.69, 9.17) is 0 Å². The van der Waals surface area contributed by atoms with Crippen LogP contribution in [0, 0.1) is 0 Å². The molecule has 2 aromatic rings. The summed E-state index contributed by atoms with van der Waals surface area (Å²) < 4.78 is 4.62. The topological polar surface area (TPSA) is 65.1 Å². The lowest BCUT2D eigenvalue weighted by Gasteiger charge is -2.30. The minimum atomic E-state index is -0.337. The number of hydrogen-bond acceptors (Lipinski definition) is 4. The van der Waals surface area contributed by atoms with Gasteiger partial charge < -0.3 is 4.57 Å². The summed E-state index contributed by atoms with van der Waals surface area (Å²) in [6.45, 7) is 12.5. The molecule has 0 aliphatic heterocycles. The van der Waals surface area contributed by atoms with Crippen molar-refractivity contribution in [2.45, 2.75) is 66.1 Å². The Morgan fingerprint density at radius 2 is 1.64 bits per heavy atom. The van der Waals surface area contributed by atoms with Crippen LogP contribution in [0.4, 0.5) is 0 Å². The zero-order chi connectivity index (χ0) is 18.9. The van der Waals surface area contributed by atoms with Gasteiger partial charge in [0.15, 0.2) is 11.2 Å². The van der Waals surface area contributed by atoms with E-state index in [9.17, 15) is 9.59 Å². The molecule has 0 fully saturated rings. The van der Waals surface area contributed by atoms with E-state index in [1.165, 1.54) is 11.6 Å². The quantitative estimate of drug-likeness (QED) is 0.760. The average molecular weight is 349 g/mol. The van der Waals surface area contributed by atoms with Crippen LogP contribution in [-0.2, 0) is 27.1 Å². The maximum Gasteiger partial charge on any atom is 0.332 e. The molecule has 25 heavy (non-hydrogen) atoms. The summed E-state index contributed by atoms with van der Waals surface area (Å²) in [5.41, 5.74) is 0.405. The van der Waals surface area contributed by atoms with Gasteiger partial charge in [-0.3, -0.25) is 18.8 Å². The minimum absolute atomic E-state index is 0.269. The molecule has 2 heterocycles. The molecule has 0 amide bonds. The molecule has 7 nitrogen and oxygen atoms in total. The van der Waals surface area contributed by atoms with E-state index < -0.39 is 0 Å². The second-order valence-electron chi connectivity index (χ2n) is 7.19. The molecule has 0 spiro atoms. The van der Waals surface area contributed by atoms with Crippen LogP contribution in [0.5, 0.6) is 0 Å². The van der Waals surface area contributed by atoms with Gasteiger partial charge in [0.05, 0.1) is 0 Å². The maximum absolute atomic E-state index is 12.6. The van der Waals surface area contributed by atoms with E-state index in [0.717, 1.165) is 36.3 Å². The third-order valence-corrected chi connectivity index (χ3v) is 4.87. The van der Waals surface area contributed by atoms with Crippen molar-refractivity contribution in [1.29, 1.82) is 0 Å². The van der Waals surface area contributed by atoms with Gasteiger partial charge in [-0.2, -0.15) is 0 Å². The van der Waals surface area contributed by atoms with Gasteiger partial charge in [-0.15, -0.1) is 0 Å². The van der Waals surface area contributed by atoms with Crippen LogP contribution in [-0.4, -0.2) is 42.2 Å². The van der Waals surface area contributed by atoms with Crippen molar-refractivity contribution >= 4 is 11.2 Å². The Morgan fingerprint density at radius 1 is 1.04 bits per heavy atom. The van der Waals surface area contributed by atoms with Gasteiger partial charge in [-0.1, -0.05) is 6.92 Å². The van der Waals surface area contributed by atoms with E-state index in [-0.39, 0.29) is 11.2 Å². The lowest BCUT2D eigenvalue weighted by molar-refractivity contribution is 0.170. The number of nitrogens with zero attached hydrogens (tertiary/aromatic N) is 5. The van der Waals surface area contributed by atoms with E-state index in [0.29, 0.717) is 23.2 Å². The van der Waals surface area contributed by atoms with Gasteiger partial charge >= 0.3 is 5.69 Å². The summed E-state index contributed by atoms with van der Waals surface area (Å²) in [5.74, 6) is 0.856. The highest BCUT2D eigenvalue weighted by Gasteiger charge is 2.19. The van der Waals surface area contributed by atoms with Crippen molar-refractivity contribution in [2.24, 2.45) is 14.1 Å². The number of fused-ring (bicyclic) bond motifs is 1. The number of hydrogen-bond donors (Lipinski definition) is 0. The summed E-state index contributed by atoms with van der Waals surface area (Å²) in [4.78, 5) is 31.8. The Morgan fingerprint density at radius 3 is 2.16 bits per heavy atom. The molecule has 0 N–H and O–H groups in total. The monoisotopic (exact) mass is 349 g/mol. The molecule has 0 saturated carbocycles. The molecular weight excluding hydrogens is 318 g/mol. The molecular formula is C18H31N5O2. The summed E-state index contributed by atoms with van der Waals surface area (Å²) in [7, 11) is 3.19. The van der Waals surface area contributed by atoms with E-state index in [1.807, 2.05) is 11.5 Å². The number of aryl methyl sites for hydroxylation is 3. The fourth-order valence-electron chi connectivity index (χ4n) is 3.53. The molecule has 140 valence electrons. The number of aromatic nitrogens is 4. The average Bonchev–Trinajstić information content (AvgIpc) is 2.92. The molecule has 0 radical (unpaired) electrons. The minimum Gasteiger partial charge on any atom is -0.322 e. The highest BCUT2D eigenvalue weighted by Crippen LogP contribution is 2.14. The highest BCUT2D eigenvalue weighted by atomic mass is 16.2. The van der Waals surface area contributed by atoms with Crippen LogP contribution in [0.2, 0.25) is 0 Å². The van der Waals surface area contributed by atoms with Crippen LogP contribution < -0.4 is 11.2 Å². The van der Waals surface area contributed by atoms with Crippen molar-refractivity contribution < 1.29 is 0 Å². The van der Waals surface area contributed by atoms with Crippen LogP contribution >= 0.6 is 0 Å². The molecule has 0 aliphatic carbocycles. The summed E-state index contributed by atoms with van der Waals surface area (Å²) in [6.07, 6.45) is 1.66. The van der Waals surface area contributed by atoms with Gasteiger partial charge in [-0.25, -0.2) is 9.78 Å². The molecule has 0 saturated heterocycles. The second-order valence-corrected chi connectivity index (χ2v) is 7.19. The van der Waals surface area contributed by atoms with Crippen LogP contribution in [0.25, 0.3) is 11.2 Å². The maximum atomic E-state index is 12.6. The standard InChI is InChI=1S/C18H31N5O2/c1-8-14-19-16-15(17(24)21(7)18(25)20(16)6)23(14)11-9-10-22(12(2)3)13(4)5/h12-13H,8-11H2,1-7H3. The number of rotatable bonds is 7. The first-order valence-corrected chi connectivity index (χ1v) is 9.11. The van der Waals surface area contributed by atoms with Gasteiger partial charge in [-0.05, 0) is 34.1 Å². The van der Waals surface area contributed by atoms with Crippen LogP contribution in [0.3, 0.4) is 0 Å². The fourth-order valence-corrected chi connectivity index (χ4v) is 3.53. The molecule has 0 bridgehead atoms. The van der Waals surface area contributed by atoms with Crippen molar-refractivity contribution in [1.82, 2.24) is 23.6 Å². The van der Waals surface area contributed by atoms with Crippen molar-refractivity contribution in [3.8, 4) is 0 Å². The summed E-state index contributed by atoms with van der Waals surface area (Å²) >= 11 is 0. The van der Waals surface area contributed by atoms with Crippen molar-refractivity contribution in [3.63, 3.8) is 0 Å². The predicted octanol–water partition coefficient (Wildman–Crippen LogP) is 1.50. The largest absolute Gasteiger partial charge is 0.332 e. The second kappa shape index (κ2) is 7.56. The molecule has 2 rings (SSSR count). The Labute approximate surface area is 148 Å². The van der Waals surface area contributed by atoms with Crippen molar-refractivity contribution in [2.75, 3.05) is 6.54 Å². The number of imidazole rings is 1.